The lowest BCUT2D eigenvalue weighted by molar-refractivity contribution is 0.236. The number of pyridine rings is 1. The molecule has 0 fully saturated rings. The maximum Gasteiger partial charge on any atom is 0.137 e. The largest absolute Gasteiger partial charge is 0.492 e. The van der Waals surface area contributed by atoms with Gasteiger partial charge in [-0.1, -0.05) is 27.7 Å². The Hall–Kier alpha value is -1.09. The first kappa shape index (κ1) is 15.0. The number of nitrogens with zero attached hydrogens (tertiary/aromatic N) is 1. The summed E-state index contributed by atoms with van der Waals surface area (Å²) in [6, 6.07) is 2.40. The maximum atomic E-state index is 5.53. The van der Waals surface area contributed by atoms with Crippen LogP contribution in [0.4, 0.5) is 0 Å². The number of hydrogen-bond donors (Lipinski definition) is 1. The number of nitrogens with one attached hydrogen (secondary N) is 1. The van der Waals surface area contributed by atoms with Gasteiger partial charge in [-0.25, -0.2) is 0 Å². The molecule has 0 saturated carbocycles. The molecule has 3 heteroatoms. The van der Waals surface area contributed by atoms with Gasteiger partial charge < -0.3 is 10.1 Å². The molecule has 0 radical (unpaired) electrons. The summed E-state index contributed by atoms with van der Waals surface area (Å²) < 4.78 is 5.53. The van der Waals surface area contributed by atoms with Crippen LogP contribution in [0.25, 0.3) is 0 Å². The monoisotopic (exact) mass is 250 g/mol. The lowest BCUT2D eigenvalue weighted by Crippen LogP contribution is -2.33. The summed E-state index contributed by atoms with van der Waals surface area (Å²) in [6.07, 6.45) is 4.83. The fourth-order valence-electron chi connectivity index (χ4n) is 2.09. The smallest absolute Gasteiger partial charge is 0.137 e. The average molecular weight is 250 g/mol. The predicted molar refractivity (Wildman–Crippen MR) is 75.9 cm³/mol. The van der Waals surface area contributed by atoms with Gasteiger partial charge in [-0.05, 0) is 36.9 Å². The fourth-order valence-corrected chi connectivity index (χ4v) is 2.09. The van der Waals surface area contributed by atoms with E-state index in [9.17, 15) is 0 Å². The first-order valence-corrected chi connectivity index (χ1v) is 6.86. The molecule has 1 N–H and O–H groups in total. The van der Waals surface area contributed by atoms with Crippen molar-refractivity contribution in [3.05, 3.63) is 24.0 Å². The molecule has 0 bridgehead atoms. The molecule has 0 aliphatic heterocycles. The van der Waals surface area contributed by atoms with Gasteiger partial charge in [0.15, 0.2) is 0 Å². The van der Waals surface area contributed by atoms with Gasteiger partial charge in [-0.15, -0.1) is 0 Å². The van der Waals surface area contributed by atoms with Crippen LogP contribution in [-0.4, -0.2) is 18.1 Å². The molecule has 3 nitrogen and oxygen atoms in total. The van der Waals surface area contributed by atoms with Crippen molar-refractivity contribution < 1.29 is 4.74 Å². The molecule has 1 aromatic heterocycles. The summed E-state index contributed by atoms with van der Waals surface area (Å²) in [5.41, 5.74) is 1.40. The van der Waals surface area contributed by atoms with Gasteiger partial charge in [0.25, 0.3) is 0 Å². The molecule has 0 spiro atoms. The lowest BCUT2D eigenvalue weighted by atomic mass is 9.78. The second-order valence-electron chi connectivity index (χ2n) is 5.22. The normalized spacial score (nSPS) is 13.4. The molecule has 0 aliphatic rings. The van der Waals surface area contributed by atoms with E-state index in [-0.39, 0.29) is 5.41 Å². The van der Waals surface area contributed by atoms with Crippen LogP contribution in [-0.2, 0) is 0 Å². The minimum absolute atomic E-state index is 0.197. The molecule has 0 aliphatic carbocycles. The summed E-state index contributed by atoms with van der Waals surface area (Å²) in [5, 5.41) is 3.56. The van der Waals surface area contributed by atoms with Gasteiger partial charge in [-0.3, -0.25) is 4.98 Å². The van der Waals surface area contributed by atoms with E-state index in [0.717, 1.165) is 18.7 Å². The zero-order valence-corrected chi connectivity index (χ0v) is 12.3. The molecule has 1 unspecified atom stereocenters. The molecule has 1 rings (SSSR count). The van der Waals surface area contributed by atoms with Crippen LogP contribution in [0.1, 0.15) is 52.6 Å². The Labute approximate surface area is 111 Å². The summed E-state index contributed by atoms with van der Waals surface area (Å²) in [6.45, 7) is 12.6. The minimum atomic E-state index is 0.197. The van der Waals surface area contributed by atoms with Gasteiger partial charge in [0.1, 0.15) is 5.75 Å². The van der Waals surface area contributed by atoms with Gasteiger partial charge in [0.2, 0.25) is 0 Å². The second kappa shape index (κ2) is 6.74. The predicted octanol–water partition coefficient (Wildman–Crippen LogP) is 3.57. The summed E-state index contributed by atoms with van der Waals surface area (Å²) >= 11 is 0. The van der Waals surface area contributed by atoms with Crippen LogP contribution in [0.5, 0.6) is 5.75 Å². The highest BCUT2D eigenvalue weighted by Gasteiger charge is 2.28. The maximum absolute atomic E-state index is 5.53. The van der Waals surface area contributed by atoms with Crippen LogP contribution < -0.4 is 10.1 Å². The van der Waals surface area contributed by atoms with E-state index in [1.54, 1.807) is 6.20 Å². The van der Waals surface area contributed by atoms with Crippen molar-refractivity contribution in [2.75, 3.05) is 13.2 Å². The van der Waals surface area contributed by atoms with Crippen LogP contribution in [0.3, 0.4) is 0 Å². The van der Waals surface area contributed by atoms with Gasteiger partial charge in [0, 0.05) is 12.2 Å². The molecule has 102 valence electrons. The molecular weight excluding hydrogens is 224 g/mol. The third-order valence-corrected chi connectivity index (χ3v) is 3.48. The highest BCUT2D eigenvalue weighted by molar-refractivity contribution is 5.27. The fraction of sp³-hybridized carbons (Fsp3) is 0.667. The van der Waals surface area contributed by atoms with Crippen molar-refractivity contribution in [1.29, 1.82) is 0 Å². The Morgan fingerprint density at radius 3 is 2.56 bits per heavy atom. The van der Waals surface area contributed by atoms with Gasteiger partial charge in [-0.2, -0.15) is 0 Å². The highest BCUT2D eigenvalue weighted by atomic mass is 16.5. The molecule has 0 aromatic carbocycles. The topological polar surface area (TPSA) is 34.2 Å². The number of rotatable bonds is 7. The quantitative estimate of drug-likeness (QED) is 0.803. The zero-order chi connectivity index (χ0) is 13.6. The van der Waals surface area contributed by atoms with E-state index in [2.05, 4.69) is 44.1 Å². The minimum Gasteiger partial charge on any atom is -0.492 e. The molecule has 1 aromatic rings. The first-order valence-electron chi connectivity index (χ1n) is 6.86. The van der Waals surface area contributed by atoms with Gasteiger partial charge in [0.05, 0.1) is 12.8 Å². The lowest BCUT2D eigenvalue weighted by Gasteiger charge is -2.34. The van der Waals surface area contributed by atoms with Crippen molar-refractivity contribution in [2.24, 2.45) is 5.41 Å². The SMILES string of the molecule is CCNC(c1cncc(OCC)c1)C(C)(C)CC. The molecule has 0 amide bonds. The Morgan fingerprint density at radius 1 is 1.28 bits per heavy atom. The van der Waals surface area contributed by atoms with Crippen molar-refractivity contribution in [2.45, 2.75) is 47.1 Å². The number of ether oxygens (including phenoxy) is 1. The molecular formula is C15H26N2O. The first-order chi connectivity index (χ1) is 8.55. The zero-order valence-electron chi connectivity index (χ0n) is 12.3. The third kappa shape index (κ3) is 3.70. The Bertz CT molecular complexity index is 363. The van der Waals surface area contributed by atoms with Crippen molar-refractivity contribution in [3.63, 3.8) is 0 Å². The second-order valence-corrected chi connectivity index (χ2v) is 5.22. The standard InChI is InChI=1S/C15H26N2O/c1-6-15(4,5)14(17-7-2)12-9-13(18-8-3)11-16-10-12/h9-11,14,17H,6-8H2,1-5H3. The molecule has 1 atom stereocenters. The van der Waals surface area contributed by atoms with Crippen molar-refractivity contribution >= 4 is 0 Å². The summed E-state index contributed by atoms with van der Waals surface area (Å²) in [4.78, 5) is 4.29. The van der Waals surface area contributed by atoms with Crippen LogP contribution in [0.2, 0.25) is 0 Å². The van der Waals surface area contributed by atoms with E-state index in [4.69, 9.17) is 4.74 Å². The molecule has 0 saturated heterocycles. The number of hydrogen-bond acceptors (Lipinski definition) is 3. The van der Waals surface area contributed by atoms with Gasteiger partial charge >= 0.3 is 0 Å². The van der Waals surface area contributed by atoms with E-state index in [1.807, 2.05) is 13.1 Å². The van der Waals surface area contributed by atoms with E-state index < -0.39 is 0 Å². The van der Waals surface area contributed by atoms with Crippen molar-refractivity contribution in [3.8, 4) is 5.75 Å². The van der Waals surface area contributed by atoms with E-state index >= 15 is 0 Å². The summed E-state index contributed by atoms with van der Waals surface area (Å²) in [5.74, 6) is 0.852. The van der Waals surface area contributed by atoms with Crippen LogP contribution in [0.15, 0.2) is 18.5 Å². The Balaban J connectivity index is 3.01. The van der Waals surface area contributed by atoms with E-state index in [0.29, 0.717) is 12.6 Å². The average Bonchev–Trinajstić information content (AvgIpc) is 2.36. The van der Waals surface area contributed by atoms with Crippen molar-refractivity contribution in [1.82, 2.24) is 10.3 Å². The van der Waals surface area contributed by atoms with Crippen LogP contribution in [0, 0.1) is 5.41 Å². The Morgan fingerprint density at radius 2 is 2.00 bits per heavy atom. The molecule has 1 heterocycles. The summed E-state index contributed by atoms with van der Waals surface area (Å²) in [7, 11) is 0. The van der Waals surface area contributed by atoms with E-state index in [1.165, 1.54) is 5.56 Å². The van der Waals surface area contributed by atoms with Crippen LogP contribution >= 0.6 is 0 Å². The molecule has 18 heavy (non-hydrogen) atoms. The highest BCUT2D eigenvalue weighted by Crippen LogP contribution is 2.36. The number of aromatic nitrogens is 1. The Kier molecular flexibility index (Phi) is 5.60. The third-order valence-electron chi connectivity index (χ3n) is 3.48.